The minimum atomic E-state index is -0.0287. The molecular weight excluding hydrogens is 292 g/mol. The second-order valence-electron chi connectivity index (χ2n) is 5.51. The van der Waals surface area contributed by atoms with Crippen LogP contribution in [0.5, 0.6) is 11.5 Å². The van der Waals surface area contributed by atoms with Crippen LogP contribution in [0.2, 0.25) is 0 Å². The van der Waals surface area contributed by atoms with Gasteiger partial charge in [-0.3, -0.25) is 9.78 Å². The van der Waals surface area contributed by atoms with Gasteiger partial charge in [-0.25, -0.2) is 0 Å². The first-order valence-corrected chi connectivity index (χ1v) is 7.56. The molecule has 2 aromatic rings. The average molecular weight is 314 g/mol. The van der Waals surface area contributed by atoms with Gasteiger partial charge in [-0.2, -0.15) is 0 Å². The van der Waals surface area contributed by atoms with E-state index in [1.165, 1.54) is 0 Å². The monoisotopic (exact) mass is 314 g/mol. The quantitative estimate of drug-likeness (QED) is 0.853. The highest BCUT2D eigenvalue weighted by molar-refractivity contribution is 5.77. The standard InChI is InChI=1S/C18H22N2O3/c1-13(2)18(21)20-11-14-6-7-16(17(9-14)22-3)23-12-15-5-4-8-19-10-15/h4-10,13H,11-12H2,1-3H3,(H,20,21). The van der Waals surface area contributed by atoms with E-state index in [0.29, 0.717) is 24.7 Å². The molecule has 2 rings (SSSR count). The molecule has 0 unspecified atom stereocenters. The van der Waals surface area contributed by atoms with Crippen LogP contribution in [-0.2, 0) is 17.9 Å². The van der Waals surface area contributed by atoms with Gasteiger partial charge in [0.25, 0.3) is 0 Å². The SMILES string of the molecule is COc1cc(CNC(=O)C(C)C)ccc1OCc1cccnc1. The zero-order valence-electron chi connectivity index (χ0n) is 13.7. The third-order valence-corrected chi connectivity index (χ3v) is 3.34. The summed E-state index contributed by atoms with van der Waals surface area (Å²) in [6.07, 6.45) is 3.49. The topological polar surface area (TPSA) is 60.5 Å². The van der Waals surface area contributed by atoms with E-state index in [1.807, 2.05) is 44.2 Å². The largest absolute Gasteiger partial charge is 0.493 e. The summed E-state index contributed by atoms with van der Waals surface area (Å²) >= 11 is 0. The number of amides is 1. The summed E-state index contributed by atoms with van der Waals surface area (Å²) in [6.45, 7) is 4.63. The third-order valence-electron chi connectivity index (χ3n) is 3.34. The van der Waals surface area contributed by atoms with Crippen LogP contribution in [0.15, 0.2) is 42.7 Å². The summed E-state index contributed by atoms with van der Waals surface area (Å²) in [5.41, 5.74) is 1.95. The van der Waals surface area contributed by atoms with Crippen molar-refractivity contribution >= 4 is 5.91 Å². The molecule has 122 valence electrons. The van der Waals surface area contributed by atoms with E-state index in [-0.39, 0.29) is 11.8 Å². The number of hydrogen-bond acceptors (Lipinski definition) is 4. The maximum atomic E-state index is 11.6. The lowest BCUT2D eigenvalue weighted by atomic mass is 10.1. The number of benzene rings is 1. The van der Waals surface area contributed by atoms with Crippen molar-refractivity contribution in [2.45, 2.75) is 27.0 Å². The Bertz CT molecular complexity index is 642. The van der Waals surface area contributed by atoms with Crippen molar-refractivity contribution in [3.63, 3.8) is 0 Å². The number of pyridine rings is 1. The van der Waals surface area contributed by atoms with Gasteiger partial charge in [-0.15, -0.1) is 0 Å². The smallest absolute Gasteiger partial charge is 0.222 e. The molecule has 1 aromatic carbocycles. The van der Waals surface area contributed by atoms with E-state index in [9.17, 15) is 4.79 Å². The Morgan fingerprint density at radius 1 is 1.22 bits per heavy atom. The maximum absolute atomic E-state index is 11.6. The van der Waals surface area contributed by atoms with Gasteiger partial charge in [0.1, 0.15) is 6.61 Å². The Morgan fingerprint density at radius 2 is 2.04 bits per heavy atom. The van der Waals surface area contributed by atoms with Gasteiger partial charge in [-0.05, 0) is 23.8 Å². The second-order valence-corrected chi connectivity index (χ2v) is 5.51. The Hall–Kier alpha value is -2.56. The first-order valence-electron chi connectivity index (χ1n) is 7.56. The number of carbonyl (C=O) groups is 1. The highest BCUT2D eigenvalue weighted by Crippen LogP contribution is 2.28. The molecule has 0 spiro atoms. The highest BCUT2D eigenvalue weighted by atomic mass is 16.5. The predicted molar refractivity (Wildman–Crippen MR) is 88.2 cm³/mol. The van der Waals surface area contributed by atoms with E-state index >= 15 is 0 Å². The predicted octanol–water partition coefficient (Wildman–Crippen LogP) is 2.94. The van der Waals surface area contributed by atoms with Gasteiger partial charge < -0.3 is 14.8 Å². The van der Waals surface area contributed by atoms with Crippen molar-refractivity contribution in [3.8, 4) is 11.5 Å². The van der Waals surface area contributed by atoms with Crippen LogP contribution in [0.4, 0.5) is 0 Å². The van der Waals surface area contributed by atoms with Crippen LogP contribution in [-0.4, -0.2) is 18.0 Å². The molecule has 1 heterocycles. The molecule has 0 aliphatic heterocycles. The number of nitrogens with one attached hydrogen (secondary N) is 1. The van der Waals surface area contributed by atoms with Crippen LogP contribution in [0, 0.1) is 5.92 Å². The number of nitrogens with zero attached hydrogens (tertiary/aromatic N) is 1. The molecule has 1 aromatic heterocycles. The lowest BCUT2D eigenvalue weighted by molar-refractivity contribution is -0.124. The van der Waals surface area contributed by atoms with Crippen LogP contribution in [0.25, 0.3) is 0 Å². The van der Waals surface area contributed by atoms with Crippen LogP contribution in [0.3, 0.4) is 0 Å². The molecule has 0 aliphatic carbocycles. The Labute approximate surface area is 136 Å². The van der Waals surface area contributed by atoms with Crippen molar-refractivity contribution in [2.24, 2.45) is 5.92 Å². The lowest BCUT2D eigenvalue weighted by Crippen LogP contribution is -2.27. The van der Waals surface area contributed by atoms with E-state index in [2.05, 4.69) is 10.3 Å². The van der Waals surface area contributed by atoms with Gasteiger partial charge in [0.15, 0.2) is 11.5 Å². The minimum absolute atomic E-state index is 0.0286. The fourth-order valence-electron chi connectivity index (χ4n) is 1.98. The molecule has 0 bridgehead atoms. The first-order chi connectivity index (χ1) is 11.1. The van der Waals surface area contributed by atoms with Gasteiger partial charge in [0.2, 0.25) is 5.91 Å². The number of rotatable bonds is 7. The van der Waals surface area contributed by atoms with Crippen molar-refractivity contribution in [1.82, 2.24) is 10.3 Å². The number of hydrogen-bond donors (Lipinski definition) is 1. The van der Waals surface area contributed by atoms with E-state index in [1.54, 1.807) is 19.5 Å². The Morgan fingerprint density at radius 3 is 2.70 bits per heavy atom. The van der Waals surface area contributed by atoms with Crippen LogP contribution < -0.4 is 14.8 Å². The Kier molecular flexibility index (Phi) is 5.97. The zero-order chi connectivity index (χ0) is 16.7. The number of methoxy groups -OCH3 is 1. The van der Waals surface area contributed by atoms with Gasteiger partial charge in [-0.1, -0.05) is 26.0 Å². The summed E-state index contributed by atoms with van der Waals surface area (Å²) in [7, 11) is 1.60. The molecule has 1 amide bonds. The second kappa shape index (κ2) is 8.17. The molecule has 5 heteroatoms. The molecule has 1 N–H and O–H groups in total. The van der Waals surface area contributed by atoms with Crippen LogP contribution in [0.1, 0.15) is 25.0 Å². The van der Waals surface area contributed by atoms with Gasteiger partial charge in [0, 0.05) is 30.4 Å². The molecule has 0 saturated heterocycles. The summed E-state index contributed by atoms with van der Waals surface area (Å²) in [5.74, 6) is 1.31. The summed E-state index contributed by atoms with van der Waals surface area (Å²) < 4.78 is 11.2. The number of carbonyl (C=O) groups excluding carboxylic acids is 1. The maximum Gasteiger partial charge on any atom is 0.222 e. The normalized spacial score (nSPS) is 10.4. The summed E-state index contributed by atoms with van der Waals surface area (Å²) in [4.78, 5) is 15.7. The molecule has 0 radical (unpaired) electrons. The zero-order valence-corrected chi connectivity index (χ0v) is 13.7. The number of aromatic nitrogens is 1. The number of ether oxygens (including phenoxy) is 2. The molecule has 0 atom stereocenters. The fraction of sp³-hybridized carbons (Fsp3) is 0.333. The fourth-order valence-corrected chi connectivity index (χ4v) is 1.98. The highest BCUT2D eigenvalue weighted by Gasteiger charge is 2.09. The van der Waals surface area contributed by atoms with E-state index < -0.39 is 0 Å². The minimum Gasteiger partial charge on any atom is -0.493 e. The molecule has 0 aliphatic rings. The van der Waals surface area contributed by atoms with Gasteiger partial charge in [0.05, 0.1) is 7.11 Å². The van der Waals surface area contributed by atoms with Crippen molar-refractivity contribution in [1.29, 1.82) is 0 Å². The van der Waals surface area contributed by atoms with Crippen molar-refractivity contribution in [3.05, 3.63) is 53.9 Å². The summed E-state index contributed by atoms with van der Waals surface area (Å²) in [5, 5.41) is 2.88. The summed E-state index contributed by atoms with van der Waals surface area (Å²) in [6, 6.07) is 9.47. The third kappa shape index (κ3) is 4.98. The van der Waals surface area contributed by atoms with E-state index in [0.717, 1.165) is 11.1 Å². The van der Waals surface area contributed by atoms with Gasteiger partial charge >= 0.3 is 0 Å². The molecule has 5 nitrogen and oxygen atoms in total. The first kappa shape index (κ1) is 16.8. The molecule has 0 saturated carbocycles. The average Bonchev–Trinajstić information content (AvgIpc) is 2.58. The Balaban J connectivity index is 2.00. The van der Waals surface area contributed by atoms with Crippen LogP contribution >= 0.6 is 0 Å². The molecular formula is C18H22N2O3. The lowest BCUT2D eigenvalue weighted by Gasteiger charge is -2.13. The molecule has 0 fully saturated rings. The van der Waals surface area contributed by atoms with Crippen molar-refractivity contribution in [2.75, 3.05) is 7.11 Å². The molecule has 23 heavy (non-hydrogen) atoms. The van der Waals surface area contributed by atoms with E-state index in [4.69, 9.17) is 9.47 Å². The van der Waals surface area contributed by atoms with Crippen molar-refractivity contribution < 1.29 is 14.3 Å².